The van der Waals surface area contributed by atoms with Crippen molar-refractivity contribution in [3.05, 3.63) is 113 Å². The highest BCUT2D eigenvalue weighted by Gasteiger charge is 2.24. The van der Waals surface area contributed by atoms with Gasteiger partial charge in [0, 0.05) is 19.2 Å². The van der Waals surface area contributed by atoms with Gasteiger partial charge >= 0.3 is 6.09 Å². The summed E-state index contributed by atoms with van der Waals surface area (Å²) in [6.07, 6.45) is 0.884. The normalized spacial score (nSPS) is 11.4. The van der Waals surface area contributed by atoms with Gasteiger partial charge in [-0.2, -0.15) is 0 Å². The van der Waals surface area contributed by atoms with Crippen LogP contribution in [0.25, 0.3) is 0 Å². The molecule has 3 aromatic carbocycles. The predicted molar refractivity (Wildman–Crippen MR) is 137 cm³/mol. The summed E-state index contributed by atoms with van der Waals surface area (Å²) in [6.45, 7) is 2.39. The summed E-state index contributed by atoms with van der Waals surface area (Å²) in [6, 6.07) is 22.3. The van der Waals surface area contributed by atoms with E-state index in [1.54, 1.807) is 55.6 Å². The summed E-state index contributed by atoms with van der Waals surface area (Å²) < 4.78 is 16.5. The van der Waals surface area contributed by atoms with E-state index in [0.717, 1.165) is 11.1 Å². The Kier molecular flexibility index (Phi) is 8.51. The number of oxazole rings is 1. The van der Waals surface area contributed by atoms with Crippen molar-refractivity contribution >= 4 is 17.7 Å². The van der Waals surface area contributed by atoms with E-state index in [9.17, 15) is 9.59 Å². The van der Waals surface area contributed by atoms with Gasteiger partial charge in [0.15, 0.2) is 11.7 Å². The number of carbonyl (C=O) groups is 2. The van der Waals surface area contributed by atoms with Crippen molar-refractivity contribution in [3.8, 4) is 5.75 Å². The minimum absolute atomic E-state index is 0.0768. The van der Waals surface area contributed by atoms with Crippen molar-refractivity contribution < 1.29 is 23.5 Å². The van der Waals surface area contributed by atoms with Gasteiger partial charge in [-0.15, -0.1) is 0 Å². The third-order valence-electron chi connectivity index (χ3n) is 5.43. The molecule has 1 atom stereocenters. The molecule has 4 aromatic rings. The van der Waals surface area contributed by atoms with Crippen LogP contribution in [-0.2, 0) is 29.3 Å². The lowest BCUT2D eigenvalue weighted by Gasteiger charge is -2.19. The number of aryl methyl sites for hydroxylation is 1. The lowest BCUT2D eigenvalue weighted by Crippen LogP contribution is -2.37. The van der Waals surface area contributed by atoms with E-state index in [2.05, 4.69) is 15.6 Å². The number of benzene rings is 3. The number of anilines is 1. The molecule has 4 rings (SSSR count). The van der Waals surface area contributed by atoms with E-state index < -0.39 is 18.0 Å². The lowest BCUT2D eigenvalue weighted by atomic mass is 10.1. The highest BCUT2D eigenvalue weighted by molar-refractivity contribution is 5.97. The topological polar surface area (TPSA) is 129 Å². The van der Waals surface area contributed by atoms with Gasteiger partial charge in [0.1, 0.15) is 25.0 Å². The Hall–Kier alpha value is -4.63. The molecule has 1 heterocycles. The van der Waals surface area contributed by atoms with Crippen LogP contribution in [0.1, 0.15) is 34.4 Å². The molecule has 9 heteroatoms. The maximum absolute atomic E-state index is 13.3. The SMILES string of the molecule is Cc1ncc(COc2ccc([C@@H](NC(=O)OCc3ccccc3)C(=O)Nc3cccc(CN)c3)cc2)o1. The second-order valence-electron chi connectivity index (χ2n) is 8.24. The summed E-state index contributed by atoms with van der Waals surface area (Å²) in [5, 5.41) is 5.51. The van der Waals surface area contributed by atoms with E-state index >= 15 is 0 Å². The Morgan fingerprint density at radius 2 is 1.73 bits per heavy atom. The summed E-state index contributed by atoms with van der Waals surface area (Å²) in [5.74, 6) is 1.29. The summed E-state index contributed by atoms with van der Waals surface area (Å²) in [4.78, 5) is 29.9. The molecule has 2 amide bonds. The molecule has 0 saturated heterocycles. The van der Waals surface area contributed by atoms with Gasteiger partial charge in [0.2, 0.25) is 0 Å². The number of aromatic nitrogens is 1. The third kappa shape index (κ3) is 7.42. The standard InChI is InChI=1S/C28H28N4O5/c1-19-30-16-25(37-19)18-35-24-12-10-22(11-13-24)26(27(33)31-23-9-5-8-21(14-23)15-29)32-28(34)36-17-20-6-3-2-4-7-20/h2-14,16,26H,15,17-18,29H2,1H3,(H,31,33)(H,32,34)/t26-/m1/s1. The van der Waals surface area contributed by atoms with E-state index in [0.29, 0.717) is 35.2 Å². The number of nitrogens with one attached hydrogen (secondary N) is 2. The minimum atomic E-state index is -1.02. The van der Waals surface area contributed by atoms with Crippen molar-refractivity contribution in [1.29, 1.82) is 0 Å². The maximum Gasteiger partial charge on any atom is 0.408 e. The first kappa shape index (κ1) is 25.5. The highest BCUT2D eigenvalue weighted by Crippen LogP contribution is 2.22. The molecule has 37 heavy (non-hydrogen) atoms. The van der Waals surface area contributed by atoms with Crippen LogP contribution in [0.4, 0.5) is 10.5 Å². The van der Waals surface area contributed by atoms with E-state index in [-0.39, 0.29) is 13.2 Å². The number of ether oxygens (including phenoxy) is 2. The van der Waals surface area contributed by atoms with Crippen molar-refractivity contribution in [2.24, 2.45) is 5.73 Å². The van der Waals surface area contributed by atoms with Crippen molar-refractivity contribution in [2.75, 3.05) is 5.32 Å². The number of carbonyl (C=O) groups excluding carboxylic acids is 2. The molecule has 0 saturated carbocycles. The van der Waals surface area contributed by atoms with Gasteiger partial charge in [0.25, 0.3) is 5.91 Å². The van der Waals surface area contributed by atoms with Crippen LogP contribution in [-0.4, -0.2) is 17.0 Å². The van der Waals surface area contributed by atoms with Crippen LogP contribution in [0.3, 0.4) is 0 Å². The van der Waals surface area contributed by atoms with Gasteiger partial charge in [-0.05, 0) is 41.0 Å². The second-order valence-corrected chi connectivity index (χ2v) is 8.24. The third-order valence-corrected chi connectivity index (χ3v) is 5.43. The zero-order valence-corrected chi connectivity index (χ0v) is 20.3. The molecule has 9 nitrogen and oxygen atoms in total. The second kappa shape index (κ2) is 12.4. The van der Waals surface area contributed by atoms with Crippen LogP contribution in [0, 0.1) is 6.92 Å². The number of nitrogens with zero attached hydrogens (tertiary/aromatic N) is 1. The van der Waals surface area contributed by atoms with Crippen LogP contribution >= 0.6 is 0 Å². The summed E-state index contributed by atoms with van der Waals surface area (Å²) >= 11 is 0. The first-order valence-electron chi connectivity index (χ1n) is 11.7. The minimum Gasteiger partial charge on any atom is -0.486 e. The number of rotatable bonds is 10. The zero-order chi connectivity index (χ0) is 26.0. The Balaban J connectivity index is 1.46. The van der Waals surface area contributed by atoms with E-state index in [1.807, 2.05) is 36.4 Å². The van der Waals surface area contributed by atoms with Crippen LogP contribution in [0.15, 0.2) is 89.5 Å². The number of nitrogens with two attached hydrogens (primary N) is 1. The van der Waals surface area contributed by atoms with Gasteiger partial charge in [-0.25, -0.2) is 9.78 Å². The summed E-state index contributed by atoms with van der Waals surface area (Å²) in [5.41, 5.74) is 8.54. The Morgan fingerprint density at radius 1 is 0.973 bits per heavy atom. The molecule has 190 valence electrons. The molecule has 4 N–H and O–H groups in total. The Labute approximate surface area is 214 Å². The highest BCUT2D eigenvalue weighted by atomic mass is 16.5. The van der Waals surface area contributed by atoms with Gasteiger partial charge in [0.05, 0.1) is 6.20 Å². The molecule has 0 aliphatic heterocycles. The molecule has 0 unspecified atom stereocenters. The van der Waals surface area contributed by atoms with Gasteiger partial charge in [-0.1, -0.05) is 54.6 Å². The molecule has 1 aromatic heterocycles. The fraction of sp³-hybridized carbons (Fsp3) is 0.179. The largest absolute Gasteiger partial charge is 0.486 e. The first-order valence-corrected chi connectivity index (χ1v) is 11.7. The number of hydrogen-bond donors (Lipinski definition) is 3. The average molecular weight is 501 g/mol. The quantitative estimate of drug-likeness (QED) is 0.290. The number of amides is 2. The monoisotopic (exact) mass is 500 g/mol. The first-order chi connectivity index (χ1) is 18.0. The molecule has 0 aliphatic carbocycles. The molecule has 0 radical (unpaired) electrons. The molecular formula is C28H28N4O5. The van der Waals surface area contributed by atoms with Crippen molar-refractivity contribution in [3.63, 3.8) is 0 Å². The summed E-state index contributed by atoms with van der Waals surface area (Å²) in [7, 11) is 0. The lowest BCUT2D eigenvalue weighted by molar-refractivity contribution is -0.118. The van der Waals surface area contributed by atoms with Crippen molar-refractivity contribution in [2.45, 2.75) is 32.7 Å². The molecule has 0 fully saturated rings. The fourth-order valence-electron chi connectivity index (χ4n) is 3.56. The Morgan fingerprint density at radius 3 is 2.43 bits per heavy atom. The number of hydrogen-bond acceptors (Lipinski definition) is 7. The molecule has 0 bridgehead atoms. The molecule has 0 spiro atoms. The van der Waals surface area contributed by atoms with E-state index in [1.165, 1.54) is 0 Å². The van der Waals surface area contributed by atoms with Crippen molar-refractivity contribution in [1.82, 2.24) is 10.3 Å². The Bertz CT molecular complexity index is 1320. The van der Waals surface area contributed by atoms with Crippen LogP contribution < -0.4 is 21.1 Å². The predicted octanol–water partition coefficient (Wildman–Crippen LogP) is 4.63. The smallest absolute Gasteiger partial charge is 0.408 e. The van der Waals surface area contributed by atoms with Gasteiger partial charge in [-0.3, -0.25) is 4.79 Å². The zero-order valence-electron chi connectivity index (χ0n) is 20.3. The fourth-order valence-corrected chi connectivity index (χ4v) is 3.56. The molecule has 0 aliphatic rings. The van der Waals surface area contributed by atoms with E-state index in [4.69, 9.17) is 19.6 Å². The molecular weight excluding hydrogens is 472 g/mol. The average Bonchev–Trinajstić information content (AvgIpc) is 3.35. The maximum atomic E-state index is 13.3. The number of alkyl carbamates (subject to hydrolysis) is 1. The van der Waals surface area contributed by atoms with Crippen LogP contribution in [0.2, 0.25) is 0 Å². The van der Waals surface area contributed by atoms with Crippen LogP contribution in [0.5, 0.6) is 5.75 Å². The van der Waals surface area contributed by atoms with Gasteiger partial charge < -0.3 is 30.3 Å².